The average Bonchev–Trinajstić information content (AvgIpc) is 3.05. The van der Waals surface area contributed by atoms with Gasteiger partial charge in [0, 0.05) is 34.6 Å². The second kappa shape index (κ2) is 14.1. The van der Waals surface area contributed by atoms with Crippen molar-refractivity contribution in [1.29, 1.82) is 0 Å². The number of hydrogen-bond donors (Lipinski definition) is 3. The molecule has 2 rings (SSSR count). The molecule has 0 saturated carbocycles. The number of thioether (sulfide) groups is 2. The van der Waals surface area contributed by atoms with Crippen molar-refractivity contribution < 1.29 is 42.7 Å². The number of rotatable bonds is 12. The summed E-state index contributed by atoms with van der Waals surface area (Å²) in [7, 11) is -4.25. The summed E-state index contributed by atoms with van der Waals surface area (Å²) in [6, 6.07) is 1.19. The van der Waals surface area contributed by atoms with Crippen molar-refractivity contribution in [2.45, 2.75) is 72.5 Å². The van der Waals surface area contributed by atoms with Gasteiger partial charge in [0.2, 0.25) is 0 Å². The normalized spacial score (nSPS) is 23.9. The van der Waals surface area contributed by atoms with Crippen molar-refractivity contribution in [2.24, 2.45) is 10.8 Å². The van der Waals surface area contributed by atoms with Gasteiger partial charge in [-0.25, -0.2) is 4.57 Å². The van der Waals surface area contributed by atoms with Crippen molar-refractivity contribution in [3.63, 3.8) is 0 Å². The molecule has 2 heterocycles. The maximum atomic E-state index is 13.4. The van der Waals surface area contributed by atoms with E-state index in [1.807, 2.05) is 0 Å². The van der Waals surface area contributed by atoms with Crippen LogP contribution >= 0.6 is 43.6 Å². The first-order valence-corrected chi connectivity index (χ1v) is 16.4. The molecule has 1 aliphatic heterocycles. The number of aliphatic hydroxyl groups is 2. The lowest BCUT2D eigenvalue weighted by Crippen LogP contribution is -2.44. The van der Waals surface area contributed by atoms with Crippen molar-refractivity contribution >= 4 is 53.8 Å². The second-order valence-corrected chi connectivity index (χ2v) is 15.6. The molecule has 0 amide bonds. The van der Waals surface area contributed by atoms with E-state index in [1.54, 1.807) is 41.5 Å². The van der Waals surface area contributed by atoms with Gasteiger partial charge in [0.25, 0.3) is 5.56 Å². The first-order valence-electron chi connectivity index (χ1n) is 12.5. The van der Waals surface area contributed by atoms with Gasteiger partial charge in [-0.3, -0.25) is 37.5 Å². The lowest BCUT2D eigenvalue weighted by atomic mass is 9.96. The van der Waals surface area contributed by atoms with E-state index < -0.39 is 54.9 Å². The van der Waals surface area contributed by atoms with Crippen LogP contribution in [0.3, 0.4) is 0 Å². The monoisotopic (exact) mass is 642 g/mol. The minimum absolute atomic E-state index is 0.0338. The van der Waals surface area contributed by atoms with Gasteiger partial charge in [-0.05, 0) is 19.1 Å². The fourth-order valence-electron chi connectivity index (χ4n) is 3.27. The van der Waals surface area contributed by atoms with Crippen LogP contribution in [0, 0.1) is 15.6 Å². The minimum Gasteiger partial charge on any atom is -0.387 e. The number of carbonyl (C=O) groups excluding carboxylic acids is 2. The van der Waals surface area contributed by atoms with E-state index in [0.29, 0.717) is 0 Å². The van der Waals surface area contributed by atoms with Gasteiger partial charge in [-0.15, -0.1) is 0 Å². The van der Waals surface area contributed by atoms with Crippen LogP contribution in [0.5, 0.6) is 0 Å². The smallest absolute Gasteiger partial charge is 0.387 e. The van der Waals surface area contributed by atoms with E-state index in [1.165, 1.54) is 23.8 Å². The largest absolute Gasteiger partial charge is 0.474 e. The van der Waals surface area contributed by atoms with Crippen LogP contribution in [-0.4, -0.2) is 79.1 Å². The number of aromatic nitrogens is 2. The van der Waals surface area contributed by atoms with Gasteiger partial charge < -0.3 is 14.9 Å². The molecule has 0 bridgehead atoms. The number of aliphatic hydroxyl groups excluding tert-OH is 1. The number of nitrogens with zero attached hydrogens (tertiary/aromatic N) is 1. The molecule has 0 aliphatic carbocycles. The van der Waals surface area contributed by atoms with Crippen LogP contribution < -0.4 is 5.56 Å². The van der Waals surface area contributed by atoms with Crippen molar-refractivity contribution in [3.8, 4) is 0 Å². The molecule has 40 heavy (non-hydrogen) atoms. The molecule has 228 valence electrons. The molecule has 0 aromatic carbocycles. The Morgan fingerprint density at radius 3 is 2.05 bits per heavy atom. The minimum atomic E-state index is -4.25. The van der Waals surface area contributed by atoms with Gasteiger partial charge in [0.1, 0.15) is 17.8 Å². The summed E-state index contributed by atoms with van der Waals surface area (Å²) in [5.41, 5.74) is -3.42. The molecule has 1 aliphatic rings. The highest BCUT2D eigenvalue weighted by atomic mass is 32.2. The fourth-order valence-corrected chi connectivity index (χ4v) is 6.52. The van der Waals surface area contributed by atoms with E-state index >= 15 is 0 Å². The predicted molar refractivity (Wildman–Crippen MR) is 156 cm³/mol. The summed E-state index contributed by atoms with van der Waals surface area (Å²) in [5.74, 6) is 0.377. The van der Waals surface area contributed by atoms with Crippen LogP contribution in [0.25, 0.3) is 0 Å². The zero-order valence-corrected chi connectivity index (χ0v) is 27.0. The van der Waals surface area contributed by atoms with Crippen molar-refractivity contribution in [3.05, 3.63) is 27.4 Å². The number of phosphoric acid groups is 1. The van der Waals surface area contributed by atoms with E-state index in [0.717, 1.165) is 23.5 Å². The molecule has 0 radical (unpaired) electrons. The second-order valence-electron chi connectivity index (χ2n) is 11.4. The Kier molecular flexibility index (Phi) is 12.4. The maximum Gasteiger partial charge on any atom is 0.474 e. The zero-order valence-electron chi connectivity index (χ0n) is 23.7. The Morgan fingerprint density at radius 1 is 1.10 bits per heavy atom. The third kappa shape index (κ3) is 9.85. The van der Waals surface area contributed by atoms with Crippen LogP contribution in [-0.2, 0) is 32.5 Å². The summed E-state index contributed by atoms with van der Waals surface area (Å²) >= 11 is 7.19. The van der Waals surface area contributed by atoms with Crippen LogP contribution in [0.4, 0.5) is 0 Å². The number of ether oxygens (including phenoxy) is 1. The molecule has 16 heteroatoms. The molecule has 4 atom stereocenters. The highest BCUT2D eigenvalue weighted by Gasteiger charge is 2.53. The quantitative estimate of drug-likeness (QED) is 0.172. The molecule has 0 spiro atoms. The first-order chi connectivity index (χ1) is 18.3. The van der Waals surface area contributed by atoms with Gasteiger partial charge >= 0.3 is 7.82 Å². The zero-order chi connectivity index (χ0) is 30.5. The van der Waals surface area contributed by atoms with E-state index in [-0.39, 0.29) is 39.7 Å². The Labute approximate surface area is 247 Å². The number of hydrogen-bond acceptors (Lipinski definition) is 13. The predicted octanol–water partition coefficient (Wildman–Crippen LogP) is 3.68. The fraction of sp³-hybridized carbons (Fsp3) is 0.750. The van der Waals surface area contributed by atoms with Gasteiger partial charge in [-0.1, -0.05) is 65.1 Å². The average molecular weight is 643 g/mol. The molecule has 1 unspecified atom stereocenters. The molecule has 12 nitrogen and oxygen atoms in total. The highest BCUT2D eigenvalue weighted by molar-refractivity contribution is 8.14. The third-order valence-corrected chi connectivity index (χ3v) is 9.88. The SMILES string of the molecule is CC(C)(C)C(=O)SCCOP(=O)(OCCSC(=O)C(C)(C)C)OC[C@H]1O[C@@H](n2ccc(=O)[nH]c2=S)C(C)(O)[C@H]1O. The van der Waals surface area contributed by atoms with Gasteiger partial charge in [0.15, 0.2) is 21.2 Å². The Bertz CT molecular complexity index is 1170. The first kappa shape index (κ1) is 35.3. The van der Waals surface area contributed by atoms with Crippen LogP contribution in [0.15, 0.2) is 17.1 Å². The topological polar surface area (TPSA) is 166 Å². The molecule has 1 aromatic heterocycles. The Hall–Kier alpha value is -0.870. The number of H-pyrrole nitrogens is 1. The van der Waals surface area contributed by atoms with Gasteiger partial charge in [0.05, 0.1) is 19.8 Å². The summed E-state index contributed by atoms with van der Waals surface area (Å²) in [6.07, 6.45) is -2.55. The maximum absolute atomic E-state index is 13.4. The molecular formula is C24H39N2O10PS3. The number of phosphoric ester groups is 1. The number of aromatic amines is 1. The van der Waals surface area contributed by atoms with E-state index in [4.69, 9.17) is 30.5 Å². The summed E-state index contributed by atoms with van der Waals surface area (Å²) in [6.45, 7) is 11.3. The highest BCUT2D eigenvalue weighted by Crippen LogP contribution is 2.51. The molecule has 3 N–H and O–H groups in total. The molecule has 1 aromatic rings. The molecule has 1 saturated heterocycles. The van der Waals surface area contributed by atoms with Crippen molar-refractivity contribution in [1.82, 2.24) is 9.55 Å². The summed E-state index contributed by atoms with van der Waals surface area (Å²) in [5, 5.41) is 21.6. The van der Waals surface area contributed by atoms with Crippen molar-refractivity contribution in [2.75, 3.05) is 31.3 Å². The lowest BCUT2D eigenvalue weighted by molar-refractivity contribution is -0.118. The van der Waals surface area contributed by atoms with E-state index in [2.05, 4.69) is 4.98 Å². The lowest BCUT2D eigenvalue weighted by Gasteiger charge is -2.28. The number of carbonyl (C=O) groups is 2. The third-order valence-electron chi connectivity index (χ3n) is 5.61. The number of nitrogens with one attached hydrogen (secondary N) is 1. The van der Waals surface area contributed by atoms with E-state index in [9.17, 15) is 29.2 Å². The standard InChI is InChI=1S/C24H39N2O10PS3/c1-22(2,3)19(29)39-12-10-33-37(32,34-11-13-40-20(30)23(4,5)6)35-14-15-17(28)24(7,31)18(36-15)26-9-8-16(27)25-21(26)38/h8-9,15,17-18,28,31H,10-14H2,1-7H3,(H,25,27,38)/t15-,17+,18-,24?/m1/s1. The van der Waals surface area contributed by atoms with Crippen LogP contribution in [0.1, 0.15) is 54.7 Å². The Morgan fingerprint density at radius 2 is 1.60 bits per heavy atom. The summed E-state index contributed by atoms with van der Waals surface area (Å²) < 4.78 is 36.9. The Balaban J connectivity index is 2.09. The molecular weight excluding hydrogens is 603 g/mol. The van der Waals surface area contributed by atoms with Crippen LogP contribution in [0.2, 0.25) is 0 Å². The summed E-state index contributed by atoms with van der Waals surface area (Å²) in [4.78, 5) is 38.3. The molecule has 1 fully saturated rings. The van der Waals surface area contributed by atoms with Gasteiger partial charge in [-0.2, -0.15) is 0 Å².